The van der Waals surface area contributed by atoms with E-state index < -0.39 is 0 Å². The molecule has 2 aromatic rings. The van der Waals surface area contributed by atoms with Crippen LogP contribution in [0.5, 0.6) is 0 Å². The zero-order valence-electron chi connectivity index (χ0n) is 14.1. The second kappa shape index (κ2) is 6.86. The second-order valence-electron chi connectivity index (χ2n) is 6.78. The molecule has 4 heteroatoms. The minimum atomic E-state index is 0.293. The Bertz CT molecular complexity index is 822. The van der Waals surface area contributed by atoms with E-state index >= 15 is 0 Å². The smallest absolute Gasteiger partial charge is 0.0801 e. The van der Waals surface area contributed by atoms with Crippen LogP contribution in [-0.4, -0.2) is 17.8 Å². The third kappa shape index (κ3) is 3.33. The van der Waals surface area contributed by atoms with E-state index in [1.54, 1.807) is 0 Å². The van der Waals surface area contributed by atoms with Gasteiger partial charge >= 0.3 is 0 Å². The zero-order valence-corrected chi connectivity index (χ0v) is 15.6. The van der Waals surface area contributed by atoms with Crippen molar-refractivity contribution in [3.8, 4) is 0 Å². The summed E-state index contributed by atoms with van der Waals surface area (Å²) in [4.78, 5) is 0. The lowest BCUT2D eigenvalue weighted by Gasteiger charge is -2.29. The maximum atomic E-state index is 6.06. The maximum absolute atomic E-state index is 6.06. The monoisotopic (exact) mass is 370 g/mol. The molecule has 1 heterocycles. The number of fused-ring (bicyclic) bond motifs is 1. The Morgan fingerprint density at radius 3 is 2.32 bits per heavy atom. The van der Waals surface area contributed by atoms with Crippen LogP contribution >= 0.6 is 23.2 Å². The van der Waals surface area contributed by atoms with Crippen LogP contribution in [0.25, 0.3) is 6.08 Å². The van der Waals surface area contributed by atoms with Crippen molar-refractivity contribution in [1.82, 2.24) is 5.01 Å². The molecule has 4 rings (SSSR count). The van der Waals surface area contributed by atoms with Gasteiger partial charge in [-0.05, 0) is 66.3 Å². The van der Waals surface area contributed by atoms with E-state index in [0.717, 1.165) is 16.5 Å². The lowest BCUT2D eigenvalue weighted by Crippen LogP contribution is -2.26. The largest absolute Gasteiger partial charge is 0.292 e. The van der Waals surface area contributed by atoms with Gasteiger partial charge in [0.05, 0.1) is 11.8 Å². The van der Waals surface area contributed by atoms with E-state index in [0.29, 0.717) is 12.0 Å². The molecular formula is C21H20Cl2N2. The number of hydrogen-bond acceptors (Lipinski definition) is 2. The molecule has 0 saturated heterocycles. The van der Waals surface area contributed by atoms with Crippen LogP contribution in [0, 0.1) is 5.92 Å². The van der Waals surface area contributed by atoms with Crippen molar-refractivity contribution in [3.05, 3.63) is 75.3 Å². The first kappa shape index (κ1) is 16.7. The Balaban J connectivity index is 1.65. The van der Waals surface area contributed by atoms with Gasteiger partial charge in [-0.15, -0.1) is 0 Å². The summed E-state index contributed by atoms with van der Waals surface area (Å²) in [5.41, 5.74) is 5.05. The van der Waals surface area contributed by atoms with Gasteiger partial charge in [-0.2, -0.15) is 5.10 Å². The molecule has 0 N–H and O–H groups in total. The van der Waals surface area contributed by atoms with Gasteiger partial charge in [0.15, 0.2) is 0 Å². The van der Waals surface area contributed by atoms with Crippen molar-refractivity contribution >= 4 is 35.0 Å². The predicted octanol–water partition coefficient (Wildman–Crippen LogP) is 6.22. The summed E-state index contributed by atoms with van der Waals surface area (Å²) in [5.74, 6) is 0.443. The molecule has 0 aromatic heterocycles. The van der Waals surface area contributed by atoms with Gasteiger partial charge < -0.3 is 0 Å². The van der Waals surface area contributed by atoms with E-state index in [-0.39, 0.29) is 0 Å². The van der Waals surface area contributed by atoms with Gasteiger partial charge in [0.25, 0.3) is 0 Å². The fourth-order valence-corrected chi connectivity index (χ4v) is 4.22. The molecule has 0 spiro atoms. The molecule has 1 aliphatic heterocycles. The van der Waals surface area contributed by atoms with E-state index in [1.165, 1.54) is 35.3 Å². The Labute approximate surface area is 158 Å². The van der Waals surface area contributed by atoms with Crippen molar-refractivity contribution < 1.29 is 0 Å². The average molecular weight is 371 g/mol. The SMILES string of the molecule is CN1N=C2/C(=C/c3ccc(Cl)cc3)CCCC2C1c1ccc(Cl)cc1. The molecule has 1 aliphatic carbocycles. The zero-order chi connectivity index (χ0) is 17.4. The molecule has 0 radical (unpaired) electrons. The number of halogens is 2. The normalized spacial score (nSPS) is 24.4. The summed E-state index contributed by atoms with van der Waals surface area (Å²) in [6.07, 6.45) is 5.72. The van der Waals surface area contributed by atoms with Crippen LogP contribution in [0.1, 0.15) is 36.4 Å². The van der Waals surface area contributed by atoms with Crippen LogP contribution in [0.4, 0.5) is 0 Å². The van der Waals surface area contributed by atoms with E-state index in [9.17, 15) is 0 Å². The standard InChI is InChI=1S/C21H20Cl2N2/c1-25-21(15-7-11-18(23)12-8-15)19-4-2-3-16(20(19)24-25)13-14-5-9-17(22)10-6-14/h5-13,19,21H,2-4H2,1H3/b16-13+. The number of benzene rings is 2. The summed E-state index contributed by atoms with van der Waals surface area (Å²) in [7, 11) is 2.07. The van der Waals surface area contributed by atoms with E-state index in [2.05, 4.69) is 42.4 Å². The summed E-state index contributed by atoms with van der Waals surface area (Å²) in [5, 5.41) is 8.57. The lowest BCUT2D eigenvalue weighted by molar-refractivity contribution is 0.241. The van der Waals surface area contributed by atoms with Crippen LogP contribution < -0.4 is 0 Å². The van der Waals surface area contributed by atoms with E-state index in [1.807, 2.05) is 24.3 Å². The molecule has 2 aromatic carbocycles. The third-order valence-electron chi connectivity index (χ3n) is 5.11. The summed E-state index contributed by atoms with van der Waals surface area (Å²) in [6, 6.07) is 16.5. The molecular weight excluding hydrogens is 351 g/mol. The molecule has 0 amide bonds. The van der Waals surface area contributed by atoms with E-state index in [4.69, 9.17) is 28.3 Å². The van der Waals surface area contributed by atoms with Crippen LogP contribution in [0.2, 0.25) is 10.0 Å². The highest BCUT2D eigenvalue weighted by atomic mass is 35.5. The molecule has 25 heavy (non-hydrogen) atoms. The number of hydrogen-bond donors (Lipinski definition) is 0. The number of nitrogens with zero attached hydrogens (tertiary/aromatic N) is 2. The van der Waals surface area contributed by atoms with Crippen molar-refractivity contribution in [2.45, 2.75) is 25.3 Å². The third-order valence-corrected chi connectivity index (χ3v) is 5.62. The van der Waals surface area contributed by atoms with Crippen LogP contribution in [-0.2, 0) is 0 Å². The van der Waals surface area contributed by atoms with Gasteiger partial charge in [-0.3, -0.25) is 5.01 Å². The van der Waals surface area contributed by atoms with Crippen LogP contribution in [0.3, 0.4) is 0 Å². The topological polar surface area (TPSA) is 15.6 Å². The predicted molar refractivity (Wildman–Crippen MR) is 106 cm³/mol. The summed E-state index contributed by atoms with van der Waals surface area (Å²) < 4.78 is 0. The highest BCUT2D eigenvalue weighted by molar-refractivity contribution is 6.30. The van der Waals surface area contributed by atoms with Gasteiger partial charge in [-0.1, -0.05) is 47.5 Å². The average Bonchev–Trinajstić information content (AvgIpc) is 2.95. The molecule has 1 saturated carbocycles. The van der Waals surface area contributed by atoms with Gasteiger partial charge in [0, 0.05) is 23.0 Å². The fourth-order valence-electron chi connectivity index (χ4n) is 3.97. The summed E-state index contributed by atoms with van der Waals surface area (Å²) in [6.45, 7) is 0. The Hall–Kier alpha value is -1.77. The van der Waals surface area contributed by atoms with Gasteiger partial charge in [0.1, 0.15) is 0 Å². The lowest BCUT2D eigenvalue weighted by atomic mass is 9.77. The highest BCUT2D eigenvalue weighted by Crippen LogP contribution is 2.43. The van der Waals surface area contributed by atoms with Crippen molar-refractivity contribution in [3.63, 3.8) is 0 Å². The molecule has 2 unspecified atom stereocenters. The number of allylic oxidation sites excluding steroid dienone is 1. The molecule has 2 nitrogen and oxygen atoms in total. The molecule has 2 atom stereocenters. The second-order valence-corrected chi connectivity index (χ2v) is 7.65. The minimum absolute atomic E-state index is 0.293. The minimum Gasteiger partial charge on any atom is -0.292 e. The summed E-state index contributed by atoms with van der Waals surface area (Å²) >= 11 is 12.1. The van der Waals surface area contributed by atoms with Gasteiger partial charge in [-0.25, -0.2) is 0 Å². The number of hydrazone groups is 1. The highest BCUT2D eigenvalue weighted by Gasteiger charge is 2.39. The maximum Gasteiger partial charge on any atom is 0.0801 e. The first-order valence-electron chi connectivity index (χ1n) is 8.65. The van der Waals surface area contributed by atoms with Gasteiger partial charge in [0.2, 0.25) is 0 Å². The molecule has 0 bridgehead atoms. The molecule has 1 fully saturated rings. The Morgan fingerprint density at radius 2 is 1.64 bits per heavy atom. The van der Waals surface area contributed by atoms with Crippen molar-refractivity contribution in [2.75, 3.05) is 7.05 Å². The first-order valence-corrected chi connectivity index (χ1v) is 9.41. The molecule has 128 valence electrons. The first-order chi connectivity index (χ1) is 12.1. The Kier molecular flexibility index (Phi) is 4.58. The van der Waals surface area contributed by atoms with Crippen LogP contribution in [0.15, 0.2) is 59.2 Å². The quantitative estimate of drug-likeness (QED) is 0.612. The number of rotatable bonds is 2. The van der Waals surface area contributed by atoms with Crippen molar-refractivity contribution in [2.24, 2.45) is 11.0 Å². The molecule has 2 aliphatic rings. The van der Waals surface area contributed by atoms with Crippen molar-refractivity contribution in [1.29, 1.82) is 0 Å². The Morgan fingerprint density at radius 1 is 1.00 bits per heavy atom. The fraction of sp³-hybridized carbons (Fsp3) is 0.286.